The van der Waals surface area contributed by atoms with Crippen molar-refractivity contribution in [1.82, 2.24) is 0 Å². The molecule has 3 rings (SSSR count). The predicted molar refractivity (Wildman–Crippen MR) is 107 cm³/mol. The predicted octanol–water partition coefficient (Wildman–Crippen LogP) is 3.47. The van der Waals surface area contributed by atoms with Crippen LogP contribution in [0.4, 0.5) is 11.4 Å². The van der Waals surface area contributed by atoms with Gasteiger partial charge in [-0.25, -0.2) is 4.79 Å². The van der Waals surface area contributed by atoms with E-state index in [9.17, 15) is 14.4 Å². The average molecular weight is 380 g/mol. The molecule has 0 aromatic heterocycles. The summed E-state index contributed by atoms with van der Waals surface area (Å²) in [4.78, 5) is 38.4. The number of amides is 2. The Bertz CT molecular complexity index is 905. The molecule has 6 heteroatoms. The van der Waals surface area contributed by atoms with E-state index >= 15 is 0 Å². The van der Waals surface area contributed by atoms with Crippen LogP contribution >= 0.6 is 0 Å². The highest BCUT2D eigenvalue weighted by atomic mass is 16.5. The van der Waals surface area contributed by atoms with E-state index in [1.165, 1.54) is 0 Å². The highest BCUT2D eigenvalue weighted by Gasteiger charge is 2.35. The summed E-state index contributed by atoms with van der Waals surface area (Å²) in [6, 6.07) is 12.4. The van der Waals surface area contributed by atoms with Crippen molar-refractivity contribution in [2.24, 2.45) is 5.92 Å². The molecule has 2 amide bonds. The van der Waals surface area contributed by atoms with Gasteiger partial charge in [0, 0.05) is 24.3 Å². The number of nitrogens with one attached hydrogen (secondary N) is 1. The van der Waals surface area contributed by atoms with Crippen molar-refractivity contribution in [3.05, 3.63) is 59.2 Å². The molecule has 146 valence electrons. The van der Waals surface area contributed by atoms with Crippen molar-refractivity contribution >= 4 is 29.2 Å². The fourth-order valence-electron chi connectivity index (χ4n) is 3.17. The average Bonchev–Trinajstić information content (AvgIpc) is 3.06. The van der Waals surface area contributed by atoms with Crippen molar-refractivity contribution in [1.29, 1.82) is 0 Å². The molecule has 28 heavy (non-hydrogen) atoms. The second-order valence-corrected chi connectivity index (χ2v) is 6.96. The number of anilines is 2. The third-order valence-electron chi connectivity index (χ3n) is 4.96. The van der Waals surface area contributed by atoms with Crippen LogP contribution in [-0.2, 0) is 14.3 Å². The molecule has 0 aliphatic carbocycles. The number of hydrogen-bond acceptors (Lipinski definition) is 4. The molecule has 0 bridgehead atoms. The topological polar surface area (TPSA) is 75.7 Å². The molecule has 6 nitrogen and oxygen atoms in total. The van der Waals surface area contributed by atoms with Gasteiger partial charge >= 0.3 is 5.97 Å². The number of hydrogen-bond donors (Lipinski definition) is 1. The number of esters is 1. The largest absolute Gasteiger partial charge is 0.462 e. The molecule has 0 unspecified atom stereocenters. The Balaban J connectivity index is 1.64. The summed E-state index contributed by atoms with van der Waals surface area (Å²) in [5.41, 5.74) is 4.10. The van der Waals surface area contributed by atoms with Gasteiger partial charge in [0.15, 0.2) is 0 Å². The Labute approximate surface area is 164 Å². The summed E-state index contributed by atoms with van der Waals surface area (Å²) in [7, 11) is 0. The standard InChI is InChI=1S/C22H24N2O4/c1-4-28-22(27)16-6-8-18(9-7-16)23-21(26)17-12-20(25)24(13-17)19-10-5-14(2)15(3)11-19/h5-11,17H,4,12-13H2,1-3H3,(H,23,26)/t17-/m1/s1. The molecule has 0 spiro atoms. The van der Waals surface area contributed by atoms with Crippen molar-refractivity contribution < 1.29 is 19.1 Å². The van der Waals surface area contributed by atoms with Gasteiger partial charge < -0.3 is 15.0 Å². The molecule has 1 fully saturated rings. The molecule has 0 saturated carbocycles. The lowest BCUT2D eigenvalue weighted by atomic mass is 10.1. The summed E-state index contributed by atoms with van der Waals surface area (Å²) in [6.45, 7) is 6.44. The number of aryl methyl sites for hydroxylation is 2. The minimum atomic E-state index is -0.418. The second-order valence-electron chi connectivity index (χ2n) is 6.96. The van der Waals surface area contributed by atoms with E-state index in [0.717, 1.165) is 16.8 Å². The molecule has 1 aliphatic rings. The zero-order valence-electron chi connectivity index (χ0n) is 16.3. The van der Waals surface area contributed by atoms with E-state index in [1.54, 1.807) is 36.1 Å². The number of benzene rings is 2. The van der Waals surface area contributed by atoms with E-state index in [2.05, 4.69) is 5.32 Å². The molecule has 1 atom stereocenters. The number of rotatable bonds is 5. The molecular formula is C22H24N2O4. The SMILES string of the molecule is CCOC(=O)c1ccc(NC(=O)[C@@H]2CC(=O)N(c3ccc(C)c(C)c3)C2)cc1. The summed E-state index contributed by atoms with van der Waals surface area (Å²) in [5, 5.41) is 2.83. The lowest BCUT2D eigenvalue weighted by molar-refractivity contribution is -0.122. The van der Waals surface area contributed by atoms with Gasteiger partial charge in [0.05, 0.1) is 18.1 Å². The monoisotopic (exact) mass is 380 g/mol. The number of carbonyl (C=O) groups is 3. The van der Waals surface area contributed by atoms with Crippen LogP contribution in [0.1, 0.15) is 34.8 Å². The van der Waals surface area contributed by atoms with Gasteiger partial charge in [-0.2, -0.15) is 0 Å². The molecule has 2 aromatic carbocycles. The maximum atomic E-state index is 12.6. The first-order valence-corrected chi connectivity index (χ1v) is 9.34. The first kappa shape index (κ1) is 19.6. The van der Waals surface area contributed by atoms with Gasteiger partial charge in [-0.15, -0.1) is 0 Å². The maximum absolute atomic E-state index is 12.6. The molecule has 1 saturated heterocycles. The van der Waals surface area contributed by atoms with Crippen LogP contribution in [0, 0.1) is 19.8 Å². The molecule has 1 heterocycles. The van der Waals surface area contributed by atoms with Crippen molar-refractivity contribution in [3.63, 3.8) is 0 Å². The summed E-state index contributed by atoms with van der Waals surface area (Å²) < 4.78 is 4.94. The Morgan fingerprint density at radius 3 is 2.46 bits per heavy atom. The van der Waals surface area contributed by atoms with Crippen LogP contribution in [0.5, 0.6) is 0 Å². The van der Waals surface area contributed by atoms with Crippen LogP contribution in [0.25, 0.3) is 0 Å². The second kappa shape index (κ2) is 8.25. The zero-order chi connectivity index (χ0) is 20.3. The Morgan fingerprint density at radius 1 is 1.11 bits per heavy atom. The Kier molecular flexibility index (Phi) is 5.78. The van der Waals surface area contributed by atoms with Crippen LogP contribution < -0.4 is 10.2 Å². The third kappa shape index (κ3) is 4.22. The van der Waals surface area contributed by atoms with Crippen molar-refractivity contribution in [3.8, 4) is 0 Å². The number of carbonyl (C=O) groups excluding carboxylic acids is 3. The van der Waals surface area contributed by atoms with Crippen molar-refractivity contribution in [2.75, 3.05) is 23.4 Å². The van der Waals surface area contributed by atoms with Crippen LogP contribution in [0.3, 0.4) is 0 Å². The summed E-state index contributed by atoms with van der Waals surface area (Å²) >= 11 is 0. The quantitative estimate of drug-likeness (QED) is 0.806. The van der Waals surface area contributed by atoms with E-state index in [4.69, 9.17) is 4.74 Å². The molecule has 1 aliphatic heterocycles. The van der Waals surface area contributed by atoms with Gasteiger partial charge in [0.25, 0.3) is 0 Å². The van der Waals surface area contributed by atoms with Gasteiger partial charge in [-0.05, 0) is 68.3 Å². The van der Waals surface area contributed by atoms with E-state index in [1.807, 2.05) is 32.0 Å². The fourth-order valence-corrected chi connectivity index (χ4v) is 3.17. The normalized spacial score (nSPS) is 16.2. The third-order valence-corrected chi connectivity index (χ3v) is 4.96. The molecule has 0 radical (unpaired) electrons. The van der Waals surface area contributed by atoms with E-state index in [0.29, 0.717) is 24.4 Å². The zero-order valence-corrected chi connectivity index (χ0v) is 16.3. The minimum absolute atomic E-state index is 0.0546. The Hall–Kier alpha value is -3.15. The highest BCUT2D eigenvalue weighted by molar-refractivity contribution is 6.03. The minimum Gasteiger partial charge on any atom is -0.462 e. The van der Waals surface area contributed by atoms with E-state index in [-0.39, 0.29) is 18.2 Å². The molecule has 1 N–H and O–H groups in total. The lowest BCUT2D eigenvalue weighted by Gasteiger charge is -2.18. The van der Waals surface area contributed by atoms with Crippen LogP contribution in [0.2, 0.25) is 0 Å². The number of ether oxygens (including phenoxy) is 1. The molecular weight excluding hydrogens is 356 g/mol. The molecule has 2 aromatic rings. The highest BCUT2D eigenvalue weighted by Crippen LogP contribution is 2.27. The summed E-state index contributed by atoms with van der Waals surface area (Å²) in [5.74, 6) is -1.07. The maximum Gasteiger partial charge on any atom is 0.338 e. The van der Waals surface area contributed by atoms with Crippen LogP contribution in [0.15, 0.2) is 42.5 Å². The lowest BCUT2D eigenvalue weighted by Crippen LogP contribution is -2.28. The Morgan fingerprint density at radius 2 is 1.82 bits per heavy atom. The van der Waals surface area contributed by atoms with Crippen molar-refractivity contribution in [2.45, 2.75) is 27.2 Å². The fraction of sp³-hybridized carbons (Fsp3) is 0.318. The van der Waals surface area contributed by atoms with Gasteiger partial charge in [-0.3, -0.25) is 9.59 Å². The smallest absolute Gasteiger partial charge is 0.338 e. The summed E-state index contributed by atoms with van der Waals surface area (Å²) in [6.07, 6.45) is 0.180. The first-order valence-electron chi connectivity index (χ1n) is 9.34. The van der Waals surface area contributed by atoms with Gasteiger partial charge in [0.2, 0.25) is 11.8 Å². The van der Waals surface area contributed by atoms with Crippen LogP contribution in [-0.4, -0.2) is 30.9 Å². The van der Waals surface area contributed by atoms with Gasteiger partial charge in [0.1, 0.15) is 0 Å². The first-order chi connectivity index (χ1) is 13.4. The van der Waals surface area contributed by atoms with E-state index < -0.39 is 11.9 Å². The van der Waals surface area contributed by atoms with Gasteiger partial charge in [-0.1, -0.05) is 6.07 Å². The number of nitrogens with zero attached hydrogens (tertiary/aromatic N) is 1.